The minimum absolute atomic E-state index is 0.00250. The van der Waals surface area contributed by atoms with Crippen LogP contribution in [0.15, 0.2) is 52.3 Å². The Labute approximate surface area is 128 Å². The van der Waals surface area contributed by atoms with Gasteiger partial charge in [-0.05, 0) is 37.6 Å². The lowest BCUT2D eigenvalue weighted by Crippen LogP contribution is -2.35. The molecule has 2 rings (SSSR count). The Bertz CT molecular complexity index is 852. The molecule has 0 fully saturated rings. The molecule has 116 valence electrons. The van der Waals surface area contributed by atoms with Crippen LogP contribution in [0.3, 0.4) is 0 Å². The van der Waals surface area contributed by atoms with Crippen molar-refractivity contribution in [1.82, 2.24) is 9.29 Å². The first-order valence-corrected chi connectivity index (χ1v) is 8.06. The molecule has 7 heteroatoms. The van der Waals surface area contributed by atoms with Gasteiger partial charge in [-0.2, -0.15) is 0 Å². The largest absolute Gasteiger partial charge is 0.306 e. The van der Waals surface area contributed by atoms with E-state index in [4.69, 9.17) is 0 Å². The normalized spacial score (nSPS) is 11.2. The molecule has 22 heavy (non-hydrogen) atoms. The molecule has 1 heterocycles. The van der Waals surface area contributed by atoms with Crippen LogP contribution in [-0.4, -0.2) is 18.9 Å². The van der Waals surface area contributed by atoms with Gasteiger partial charge in [0.15, 0.2) is 0 Å². The number of amides is 1. The average Bonchev–Trinajstić information content (AvgIpc) is 2.42. The molecule has 0 unspecified atom stereocenters. The maximum Gasteiger partial charge on any atom is 0.264 e. The van der Waals surface area contributed by atoms with Crippen LogP contribution in [0, 0.1) is 13.8 Å². The van der Waals surface area contributed by atoms with Crippen molar-refractivity contribution in [1.29, 1.82) is 0 Å². The Hall–Kier alpha value is -2.41. The van der Waals surface area contributed by atoms with E-state index in [9.17, 15) is 18.0 Å². The fourth-order valence-corrected chi connectivity index (χ4v) is 2.83. The predicted octanol–water partition coefficient (Wildman–Crippen LogP) is 0.970. The van der Waals surface area contributed by atoms with E-state index < -0.39 is 15.9 Å². The minimum atomic E-state index is -3.93. The summed E-state index contributed by atoms with van der Waals surface area (Å²) in [6, 6.07) is 9.17. The lowest BCUT2D eigenvalue weighted by Gasteiger charge is -2.09. The molecule has 2 aromatic rings. The number of nitrogens with zero attached hydrogens (tertiary/aromatic N) is 1. The quantitative estimate of drug-likeness (QED) is 0.909. The Morgan fingerprint density at radius 2 is 1.73 bits per heavy atom. The number of carbonyl (C=O) groups is 1. The van der Waals surface area contributed by atoms with Gasteiger partial charge >= 0.3 is 0 Å². The van der Waals surface area contributed by atoms with Crippen LogP contribution in [0.1, 0.15) is 11.1 Å². The number of aromatic nitrogens is 1. The van der Waals surface area contributed by atoms with Crippen molar-refractivity contribution in [2.24, 2.45) is 0 Å². The number of aryl methyl sites for hydroxylation is 2. The number of carbonyl (C=O) groups excluding carboxylic acids is 1. The molecule has 6 nitrogen and oxygen atoms in total. The van der Waals surface area contributed by atoms with Crippen molar-refractivity contribution < 1.29 is 13.2 Å². The zero-order valence-corrected chi connectivity index (χ0v) is 13.1. The molecule has 1 aromatic heterocycles. The first kappa shape index (κ1) is 16.0. The summed E-state index contributed by atoms with van der Waals surface area (Å²) in [6.45, 7) is 3.23. The van der Waals surface area contributed by atoms with Crippen LogP contribution in [0.25, 0.3) is 0 Å². The molecule has 0 aliphatic carbocycles. The van der Waals surface area contributed by atoms with Crippen molar-refractivity contribution in [2.75, 3.05) is 0 Å². The zero-order chi connectivity index (χ0) is 16.3. The van der Waals surface area contributed by atoms with E-state index in [0.29, 0.717) is 0 Å². The van der Waals surface area contributed by atoms with Gasteiger partial charge in [0.1, 0.15) is 6.54 Å². The van der Waals surface area contributed by atoms with Crippen LogP contribution in [0.5, 0.6) is 0 Å². The molecule has 1 aromatic carbocycles. The van der Waals surface area contributed by atoms with Gasteiger partial charge in [-0.15, -0.1) is 0 Å². The van der Waals surface area contributed by atoms with E-state index >= 15 is 0 Å². The lowest BCUT2D eigenvalue weighted by molar-refractivity contribution is -0.119. The number of rotatable bonds is 4. The second-order valence-corrected chi connectivity index (χ2v) is 6.69. The maximum atomic E-state index is 12.1. The van der Waals surface area contributed by atoms with Crippen LogP contribution >= 0.6 is 0 Å². The molecule has 0 saturated heterocycles. The molecule has 1 amide bonds. The highest BCUT2D eigenvalue weighted by Crippen LogP contribution is 2.09. The number of hydrogen-bond donors (Lipinski definition) is 1. The highest BCUT2D eigenvalue weighted by atomic mass is 32.2. The predicted molar refractivity (Wildman–Crippen MR) is 81.9 cm³/mol. The molecular formula is C15H16N2O4S. The number of nitrogens with one attached hydrogen (secondary N) is 1. The standard InChI is InChI=1S/C15H16N2O4S/c1-11-3-5-13(6-4-11)22(20,21)16-14(18)10-17-8-7-12(2)9-15(17)19/h3-9H,10H2,1-2H3,(H,16,18). The fraction of sp³-hybridized carbons (Fsp3) is 0.200. The van der Waals surface area contributed by atoms with Crippen LogP contribution in [-0.2, 0) is 21.4 Å². The Balaban J connectivity index is 2.14. The van der Waals surface area contributed by atoms with Crippen LogP contribution in [0.4, 0.5) is 0 Å². The first-order chi connectivity index (χ1) is 10.3. The highest BCUT2D eigenvalue weighted by molar-refractivity contribution is 7.90. The van der Waals surface area contributed by atoms with Gasteiger partial charge in [0.25, 0.3) is 21.5 Å². The molecule has 0 aliphatic rings. The SMILES string of the molecule is Cc1ccc(S(=O)(=O)NC(=O)Cn2ccc(C)cc2=O)cc1. The lowest BCUT2D eigenvalue weighted by atomic mass is 10.2. The molecule has 1 N–H and O–H groups in total. The van der Waals surface area contributed by atoms with Crippen molar-refractivity contribution >= 4 is 15.9 Å². The first-order valence-electron chi connectivity index (χ1n) is 6.57. The van der Waals surface area contributed by atoms with E-state index in [1.54, 1.807) is 25.1 Å². The highest BCUT2D eigenvalue weighted by Gasteiger charge is 2.17. The maximum absolute atomic E-state index is 12.1. The number of pyridine rings is 1. The van der Waals surface area contributed by atoms with Crippen molar-refractivity contribution in [3.63, 3.8) is 0 Å². The van der Waals surface area contributed by atoms with E-state index in [-0.39, 0.29) is 17.0 Å². The van der Waals surface area contributed by atoms with Gasteiger partial charge in [0.2, 0.25) is 0 Å². The van der Waals surface area contributed by atoms with Gasteiger partial charge < -0.3 is 4.57 Å². The van der Waals surface area contributed by atoms with E-state index in [0.717, 1.165) is 15.7 Å². The monoisotopic (exact) mass is 320 g/mol. The smallest absolute Gasteiger partial charge is 0.264 e. The summed E-state index contributed by atoms with van der Waals surface area (Å²) < 4.78 is 27.2. The Morgan fingerprint density at radius 1 is 1.09 bits per heavy atom. The minimum Gasteiger partial charge on any atom is -0.306 e. The molecule has 0 bridgehead atoms. The van der Waals surface area contributed by atoms with Crippen LogP contribution in [0.2, 0.25) is 0 Å². The van der Waals surface area contributed by atoms with Gasteiger partial charge in [-0.25, -0.2) is 13.1 Å². The van der Waals surface area contributed by atoms with E-state index in [2.05, 4.69) is 0 Å². The molecule has 0 spiro atoms. The van der Waals surface area contributed by atoms with Gasteiger partial charge in [0, 0.05) is 12.3 Å². The summed E-state index contributed by atoms with van der Waals surface area (Å²) in [7, 11) is -3.93. The summed E-state index contributed by atoms with van der Waals surface area (Å²) in [5.74, 6) is -0.772. The van der Waals surface area contributed by atoms with Crippen molar-refractivity contribution in [2.45, 2.75) is 25.3 Å². The van der Waals surface area contributed by atoms with Crippen LogP contribution < -0.4 is 10.3 Å². The summed E-state index contributed by atoms with van der Waals surface area (Å²) in [5.41, 5.74) is 1.33. The third-order valence-electron chi connectivity index (χ3n) is 3.05. The Morgan fingerprint density at radius 3 is 2.32 bits per heavy atom. The number of sulfonamides is 1. The van der Waals surface area contributed by atoms with E-state index in [1.807, 2.05) is 11.6 Å². The molecular weight excluding hydrogens is 304 g/mol. The van der Waals surface area contributed by atoms with Gasteiger partial charge in [0.05, 0.1) is 4.90 Å². The number of hydrogen-bond acceptors (Lipinski definition) is 4. The summed E-state index contributed by atoms with van der Waals surface area (Å²) in [5, 5.41) is 0. The van der Waals surface area contributed by atoms with Gasteiger partial charge in [-0.3, -0.25) is 9.59 Å². The van der Waals surface area contributed by atoms with E-state index in [1.165, 1.54) is 24.4 Å². The third kappa shape index (κ3) is 3.82. The number of benzene rings is 1. The average molecular weight is 320 g/mol. The third-order valence-corrected chi connectivity index (χ3v) is 4.43. The molecule has 0 radical (unpaired) electrons. The Kier molecular flexibility index (Phi) is 4.46. The summed E-state index contributed by atoms with van der Waals surface area (Å²) in [4.78, 5) is 23.5. The van der Waals surface area contributed by atoms with Crippen molar-refractivity contribution in [3.05, 3.63) is 64.1 Å². The topological polar surface area (TPSA) is 85.2 Å². The fourth-order valence-electron chi connectivity index (χ4n) is 1.85. The van der Waals surface area contributed by atoms with Crippen molar-refractivity contribution in [3.8, 4) is 0 Å². The molecule has 0 aliphatic heterocycles. The van der Waals surface area contributed by atoms with Gasteiger partial charge in [-0.1, -0.05) is 17.7 Å². The summed E-state index contributed by atoms with van der Waals surface area (Å²) in [6.07, 6.45) is 1.45. The zero-order valence-electron chi connectivity index (χ0n) is 12.2. The summed E-state index contributed by atoms with van der Waals surface area (Å²) >= 11 is 0. The second kappa shape index (κ2) is 6.15. The molecule has 0 atom stereocenters. The molecule has 0 saturated carbocycles. The second-order valence-electron chi connectivity index (χ2n) is 5.01.